The first kappa shape index (κ1) is 29.2. The van der Waals surface area contributed by atoms with Crippen molar-refractivity contribution in [1.29, 1.82) is 0 Å². The number of ether oxygens (including phenoxy) is 1. The molecule has 43 heavy (non-hydrogen) atoms. The van der Waals surface area contributed by atoms with E-state index in [0.29, 0.717) is 75.9 Å². The smallest absolute Gasteiger partial charge is 0.296 e. The van der Waals surface area contributed by atoms with Crippen molar-refractivity contribution in [3.05, 3.63) is 36.2 Å². The first-order chi connectivity index (χ1) is 20.9. The average molecular weight is 598 g/mol. The lowest BCUT2D eigenvalue weighted by Crippen LogP contribution is -2.54. The molecule has 1 atom stereocenters. The lowest BCUT2D eigenvalue weighted by Gasteiger charge is -2.36. The van der Waals surface area contributed by atoms with Crippen molar-refractivity contribution in [1.82, 2.24) is 34.2 Å². The van der Waals surface area contributed by atoms with Gasteiger partial charge in [-0.2, -0.15) is 9.97 Å². The second kappa shape index (κ2) is 12.8. The summed E-state index contributed by atoms with van der Waals surface area (Å²) in [6.07, 6.45) is -0.701. The predicted molar refractivity (Wildman–Crippen MR) is 157 cm³/mol. The summed E-state index contributed by atoms with van der Waals surface area (Å²) >= 11 is 0. The minimum atomic E-state index is -2.82. The Kier molecular flexibility index (Phi) is 8.66. The number of hydrogen-bond donors (Lipinski definition) is 1. The number of nitrogens with one attached hydrogen (secondary N) is 1. The van der Waals surface area contributed by atoms with Crippen molar-refractivity contribution < 1.29 is 23.1 Å². The zero-order valence-corrected chi connectivity index (χ0v) is 24.3. The van der Waals surface area contributed by atoms with E-state index in [1.54, 1.807) is 42.2 Å². The summed E-state index contributed by atoms with van der Waals surface area (Å²) in [4.78, 5) is 47.2. The molecule has 0 radical (unpaired) electrons. The Morgan fingerprint density at radius 3 is 2.33 bits per heavy atom. The number of piperazine rings is 1. The van der Waals surface area contributed by atoms with Crippen LogP contribution in [0.5, 0.6) is 0 Å². The van der Waals surface area contributed by atoms with E-state index in [1.165, 1.54) is 4.57 Å². The molecule has 0 spiro atoms. The predicted octanol–water partition coefficient (Wildman–Crippen LogP) is 2.16. The summed E-state index contributed by atoms with van der Waals surface area (Å²) in [7, 11) is 0. The largest absolute Gasteiger partial charge is 0.378 e. The second-order valence-corrected chi connectivity index (χ2v) is 11.2. The first-order valence-corrected chi connectivity index (χ1v) is 14.9. The molecule has 6 rings (SSSR count). The highest BCUT2D eigenvalue weighted by Crippen LogP contribution is 2.29. The van der Waals surface area contributed by atoms with Crippen molar-refractivity contribution >= 4 is 34.6 Å². The number of halogens is 2. The number of anilines is 2. The third kappa shape index (κ3) is 6.39. The van der Waals surface area contributed by atoms with Crippen molar-refractivity contribution in [2.75, 3.05) is 82.3 Å². The molecule has 2 amide bonds. The van der Waals surface area contributed by atoms with E-state index in [0.717, 1.165) is 25.9 Å². The van der Waals surface area contributed by atoms with Crippen LogP contribution in [-0.4, -0.2) is 124 Å². The summed E-state index contributed by atoms with van der Waals surface area (Å²) in [5.41, 5.74) is 0.934. The molecule has 230 valence electrons. The topological polar surface area (TPSA) is 112 Å². The van der Waals surface area contributed by atoms with Crippen LogP contribution >= 0.6 is 0 Å². The minimum Gasteiger partial charge on any atom is -0.378 e. The van der Waals surface area contributed by atoms with Crippen molar-refractivity contribution in [2.24, 2.45) is 0 Å². The van der Waals surface area contributed by atoms with Crippen molar-refractivity contribution in [2.45, 2.75) is 32.2 Å². The van der Waals surface area contributed by atoms with Gasteiger partial charge in [-0.15, -0.1) is 0 Å². The van der Waals surface area contributed by atoms with Crippen LogP contribution in [0.2, 0.25) is 0 Å². The van der Waals surface area contributed by atoms with Gasteiger partial charge in [-0.25, -0.2) is 13.8 Å². The first-order valence-electron chi connectivity index (χ1n) is 14.9. The molecule has 3 aromatic rings. The molecule has 0 saturated carbocycles. The molecule has 3 aliphatic heterocycles. The van der Waals surface area contributed by atoms with Crippen molar-refractivity contribution in [3.8, 4) is 5.82 Å². The highest BCUT2D eigenvalue weighted by molar-refractivity contribution is 5.84. The fourth-order valence-corrected chi connectivity index (χ4v) is 5.90. The highest BCUT2D eigenvalue weighted by Gasteiger charge is 2.29. The van der Waals surface area contributed by atoms with Gasteiger partial charge in [-0.3, -0.25) is 19.1 Å². The number of para-hydroxylation sites is 2. The fourth-order valence-electron chi connectivity index (χ4n) is 5.90. The van der Waals surface area contributed by atoms with Gasteiger partial charge < -0.3 is 24.8 Å². The van der Waals surface area contributed by atoms with Gasteiger partial charge in [0.1, 0.15) is 17.7 Å². The molecule has 3 saturated heterocycles. The molecule has 3 aliphatic rings. The normalized spacial score (nSPS) is 18.9. The van der Waals surface area contributed by atoms with Crippen molar-refractivity contribution in [3.63, 3.8) is 0 Å². The molecule has 5 heterocycles. The molecular weight excluding hydrogens is 560 g/mol. The number of rotatable bonds is 8. The minimum absolute atomic E-state index is 0.117. The van der Waals surface area contributed by atoms with Crippen LogP contribution in [0.15, 0.2) is 30.3 Å². The van der Waals surface area contributed by atoms with Gasteiger partial charge in [0.2, 0.25) is 17.8 Å². The number of aromatic nitrogens is 4. The standard InChI is InChI=1S/C29H37F2N9O3/c1-20(28(42)39-12-10-36(11-13-39)19-25(41)38-8-4-5-9-38)32-29-34-23(37-14-16-43-17-15-37)18-24(35-29)40-22-7-3-2-6-21(22)33-27(40)26(30)31/h2-3,6-7,18,20,26H,4-5,8-17,19H2,1H3,(H,32,34,35)/t20-/m0/s1. The summed E-state index contributed by atoms with van der Waals surface area (Å²) < 4.78 is 35.2. The molecule has 0 bridgehead atoms. The Balaban J connectivity index is 1.20. The van der Waals surface area contributed by atoms with Crippen LogP contribution in [0.3, 0.4) is 0 Å². The molecule has 3 fully saturated rings. The summed E-state index contributed by atoms with van der Waals surface area (Å²) in [5.74, 6) is 0.565. The second-order valence-electron chi connectivity index (χ2n) is 11.2. The lowest BCUT2D eigenvalue weighted by molar-refractivity contribution is -0.135. The monoisotopic (exact) mass is 597 g/mol. The Labute approximate surface area is 248 Å². The average Bonchev–Trinajstić information content (AvgIpc) is 3.70. The number of imidazole rings is 1. The van der Waals surface area contributed by atoms with E-state index in [4.69, 9.17) is 4.74 Å². The van der Waals surface area contributed by atoms with Crippen LogP contribution in [0.25, 0.3) is 16.9 Å². The summed E-state index contributed by atoms with van der Waals surface area (Å²) in [6, 6.07) is 7.93. The number of hydrogen-bond acceptors (Lipinski definition) is 9. The number of fused-ring (bicyclic) bond motifs is 1. The van der Waals surface area contributed by atoms with Crippen LogP contribution < -0.4 is 10.2 Å². The summed E-state index contributed by atoms with van der Waals surface area (Å²) in [5, 5.41) is 3.13. The number of amides is 2. The molecule has 14 heteroatoms. The third-order valence-corrected chi connectivity index (χ3v) is 8.26. The maximum absolute atomic E-state index is 14.2. The number of benzene rings is 1. The van der Waals surface area contributed by atoms with E-state index in [1.807, 2.05) is 9.80 Å². The number of carbonyl (C=O) groups is 2. The van der Waals surface area contributed by atoms with Gasteiger partial charge in [-0.1, -0.05) is 12.1 Å². The van der Waals surface area contributed by atoms with E-state index >= 15 is 0 Å². The van der Waals surface area contributed by atoms with Gasteiger partial charge >= 0.3 is 0 Å². The number of nitrogens with zero attached hydrogens (tertiary/aromatic N) is 8. The molecule has 1 aromatic carbocycles. The van der Waals surface area contributed by atoms with Crippen LogP contribution in [0.4, 0.5) is 20.5 Å². The maximum Gasteiger partial charge on any atom is 0.296 e. The maximum atomic E-state index is 14.2. The number of carbonyl (C=O) groups excluding carboxylic acids is 2. The Morgan fingerprint density at radius 1 is 0.907 bits per heavy atom. The molecule has 12 nitrogen and oxygen atoms in total. The Bertz CT molecular complexity index is 1450. The van der Waals surface area contributed by atoms with Gasteiger partial charge in [0.15, 0.2) is 5.82 Å². The van der Waals surface area contributed by atoms with Gasteiger partial charge in [0.05, 0.1) is 30.8 Å². The van der Waals surface area contributed by atoms with Gasteiger partial charge in [-0.05, 0) is 31.9 Å². The Hall–Kier alpha value is -3.91. The third-order valence-electron chi connectivity index (χ3n) is 8.26. The zero-order valence-electron chi connectivity index (χ0n) is 24.3. The molecule has 2 aromatic heterocycles. The van der Waals surface area contributed by atoms with Gasteiger partial charge in [0, 0.05) is 58.4 Å². The number of likely N-dealkylation sites (tertiary alicyclic amines) is 1. The van der Waals surface area contributed by atoms with E-state index in [-0.39, 0.29) is 23.6 Å². The van der Waals surface area contributed by atoms with E-state index in [9.17, 15) is 18.4 Å². The molecule has 1 N–H and O–H groups in total. The van der Waals surface area contributed by atoms with Crippen LogP contribution in [-0.2, 0) is 14.3 Å². The SMILES string of the molecule is C[C@H](Nc1nc(N2CCOCC2)cc(-n2c(C(F)F)nc3ccccc32)n1)C(=O)N1CCN(CC(=O)N2CCCC2)CC1. The van der Waals surface area contributed by atoms with E-state index in [2.05, 4.69) is 25.2 Å². The fraction of sp³-hybridized carbons (Fsp3) is 0.552. The number of alkyl halides is 2. The molecule has 0 aliphatic carbocycles. The van der Waals surface area contributed by atoms with Crippen LogP contribution in [0, 0.1) is 0 Å². The Morgan fingerprint density at radius 2 is 1.60 bits per heavy atom. The molecular formula is C29H37F2N9O3. The summed E-state index contributed by atoms with van der Waals surface area (Å²) in [6.45, 7) is 8.25. The molecule has 0 unspecified atom stereocenters. The van der Waals surface area contributed by atoms with Gasteiger partial charge in [0.25, 0.3) is 6.43 Å². The van der Waals surface area contributed by atoms with E-state index < -0.39 is 18.3 Å². The lowest BCUT2D eigenvalue weighted by atomic mass is 10.2. The quantitative estimate of drug-likeness (QED) is 0.418. The zero-order chi connectivity index (χ0) is 29.9. The highest BCUT2D eigenvalue weighted by atomic mass is 19.3. The number of morpholine rings is 1. The van der Waals surface area contributed by atoms with Crippen LogP contribution in [0.1, 0.15) is 32.0 Å².